The van der Waals surface area contributed by atoms with Crippen LogP contribution in [-0.4, -0.2) is 29.0 Å². The van der Waals surface area contributed by atoms with E-state index in [1.165, 1.54) is 25.7 Å². The van der Waals surface area contributed by atoms with E-state index in [9.17, 15) is 4.79 Å². The fourth-order valence-electron chi connectivity index (χ4n) is 1.75. The summed E-state index contributed by atoms with van der Waals surface area (Å²) < 4.78 is 12.4. The molecule has 0 radical (unpaired) electrons. The molecular formula is C13H18N2O3. The largest absolute Gasteiger partial charge is 0.476 e. The number of hydrogen-bond donors (Lipinski definition) is 0. The summed E-state index contributed by atoms with van der Waals surface area (Å²) in [5.74, 6) is 1.30. The number of carbonyl (C=O) groups excluding carboxylic acids is 1. The highest BCUT2D eigenvalue weighted by Gasteiger charge is 2.27. The van der Waals surface area contributed by atoms with Crippen LogP contribution in [0.1, 0.15) is 36.0 Å². The van der Waals surface area contributed by atoms with Gasteiger partial charge in [0, 0.05) is 13.2 Å². The quantitative estimate of drug-likeness (QED) is 0.722. The Kier molecular flexibility index (Phi) is 2.97. The number of hydrogen-bond acceptors (Lipinski definition) is 4. The van der Waals surface area contributed by atoms with E-state index in [0.29, 0.717) is 36.5 Å². The zero-order chi connectivity index (χ0) is 12.5. The Morgan fingerprint density at radius 2 is 2.00 bits per heavy atom. The van der Waals surface area contributed by atoms with Crippen LogP contribution in [0.3, 0.4) is 0 Å². The Morgan fingerprint density at radius 1 is 1.33 bits per heavy atom. The van der Waals surface area contributed by atoms with Crippen LogP contribution in [0.4, 0.5) is 0 Å². The zero-order valence-corrected chi connectivity index (χ0v) is 10.6. The van der Waals surface area contributed by atoms with E-state index in [1.807, 2.05) is 0 Å². The summed E-state index contributed by atoms with van der Waals surface area (Å²) in [6.07, 6.45) is 6.44. The highest BCUT2D eigenvalue weighted by Crippen LogP contribution is 2.31. The van der Waals surface area contributed by atoms with Gasteiger partial charge in [0.15, 0.2) is 0 Å². The molecule has 0 unspecified atom stereocenters. The van der Waals surface area contributed by atoms with Gasteiger partial charge in [-0.25, -0.2) is 4.79 Å². The van der Waals surface area contributed by atoms with Gasteiger partial charge in [-0.15, -0.1) is 5.10 Å². The maximum absolute atomic E-state index is 11.9. The predicted molar refractivity (Wildman–Crippen MR) is 64.4 cm³/mol. The van der Waals surface area contributed by atoms with Gasteiger partial charge in [0.25, 0.3) is 0 Å². The first-order valence-corrected chi connectivity index (χ1v) is 6.56. The fourth-order valence-corrected chi connectivity index (χ4v) is 1.75. The third kappa shape index (κ3) is 2.83. The zero-order valence-electron chi connectivity index (χ0n) is 10.6. The molecule has 1 heterocycles. The van der Waals surface area contributed by atoms with Crippen LogP contribution in [0, 0.1) is 11.8 Å². The number of nitrogens with zero attached hydrogens (tertiary/aromatic N) is 2. The summed E-state index contributed by atoms with van der Waals surface area (Å²) in [5, 5.41) is 4.17. The van der Waals surface area contributed by atoms with Crippen LogP contribution >= 0.6 is 0 Å². The van der Waals surface area contributed by atoms with Gasteiger partial charge in [-0.3, -0.25) is 4.68 Å². The van der Waals surface area contributed by atoms with E-state index in [-0.39, 0.29) is 5.97 Å². The van der Waals surface area contributed by atoms with Crippen molar-refractivity contribution in [2.24, 2.45) is 18.9 Å². The molecular weight excluding hydrogens is 232 g/mol. The molecule has 0 aromatic carbocycles. The molecule has 0 saturated heterocycles. The van der Waals surface area contributed by atoms with Crippen molar-refractivity contribution in [2.45, 2.75) is 25.7 Å². The van der Waals surface area contributed by atoms with E-state index in [0.717, 1.165) is 0 Å². The van der Waals surface area contributed by atoms with Crippen LogP contribution < -0.4 is 4.74 Å². The number of carbonyl (C=O) groups is 1. The lowest BCUT2D eigenvalue weighted by Gasteiger charge is -2.05. The number of esters is 1. The van der Waals surface area contributed by atoms with Crippen molar-refractivity contribution >= 4 is 5.97 Å². The van der Waals surface area contributed by atoms with Crippen LogP contribution in [0.2, 0.25) is 0 Å². The minimum absolute atomic E-state index is 0.319. The molecule has 0 aliphatic heterocycles. The molecule has 2 aliphatic carbocycles. The lowest BCUT2D eigenvalue weighted by Crippen LogP contribution is -2.09. The summed E-state index contributed by atoms with van der Waals surface area (Å²) in [6, 6.07) is 0. The van der Waals surface area contributed by atoms with Gasteiger partial charge in [0.2, 0.25) is 5.88 Å². The number of rotatable bonds is 6. The van der Waals surface area contributed by atoms with Crippen LogP contribution in [-0.2, 0) is 11.8 Å². The average molecular weight is 250 g/mol. The van der Waals surface area contributed by atoms with Crippen LogP contribution in [0.25, 0.3) is 0 Å². The van der Waals surface area contributed by atoms with E-state index in [1.54, 1.807) is 17.9 Å². The second kappa shape index (κ2) is 4.63. The minimum Gasteiger partial charge on any atom is -0.476 e. The standard InChI is InChI=1S/C13H18N2O3/c1-15-6-11(13(16)18-8-10-4-5-10)12(14-15)17-7-9-2-3-9/h6,9-10H,2-5,7-8H2,1H3. The summed E-state index contributed by atoms with van der Waals surface area (Å²) in [7, 11) is 1.78. The number of aryl methyl sites for hydroxylation is 1. The first-order chi connectivity index (χ1) is 8.72. The molecule has 2 fully saturated rings. The molecule has 5 heteroatoms. The monoisotopic (exact) mass is 250 g/mol. The molecule has 1 aromatic rings. The van der Waals surface area contributed by atoms with E-state index in [4.69, 9.17) is 9.47 Å². The number of ether oxygens (including phenoxy) is 2. The van der Waals surface area contributed by atoms with Gasteiger partial charge in [-0.2, -0.15) is 0 Å². The van der Waals surface area contributed by atoms with E-state index >= 15 is 0 Å². The molecule has 0 atom stereocenters. The first kappa shape index (κ1) is 11.6. The van der Waals surface area contributed by atoms with Gasteiger partial charge in [-0.05, 0) is 37.5 Å². The summed E-state index contributed by atoms with van der Waals surface area (Å²) >= 11 is 0. The molecule has 0 amide bonds. The van der Waals surface area contributed by atoms with E-state index in [2.05, 4.69) is 5.10 Å². The molecule has 5 nitrogen and oxygen atoms in total. The topological polar surface area (TPSA) is 53.4 Å². The van der Waals surface area contributed by atoms with Crippen molar-refractivity contribution in [1.29, 1.82) is 0 Å². The van der Waals surface area contributed by atoms with Gasteiger partial charge < -0.3 is 9.47 Å². The van der Waals surface area contributed by atoms with Gasteiger partial charge in [-0.1, -0.05) is 0 Å². The summed E-state index contributed by atoms with van der Waals surface area (Å²) in [6.45, 7) is 1.18. The molecule has 0 bridgehead atoms. The predicted octanol–water partition coefficient (Wildman–Crippen LogP) is 1.78. The second-order valence-corrected chi connectivity index (χ2v) is 5.32. The van der Waals surface area contributed by atoms with Gasteiger partial charge in [0.1, 0.15) is 5.56 Å². The van der Waals surface area contributed by atoms with Crippen molar-refractivity contribution in [3.05, 3.63) is 11.8 Å². The second-order valence-electron chi connectivity index (χ2n) is 5.32. The average Bonchev–Trinajstić information content (AvgIpc) is 3.23. The van der Waals surface area contributed by atoms with Crippen molar-refractivity contribution in [2.75, 3.05) is 13.2 Å². The number of aromatic nitrogens is 2. The van der Waals surface area contributed by atoms with Crippen LogP contribution in [0.15, 0.2) is 6.20 Å². The molecule has 1 aromatic heterocycles. The Morgan fingerprint density at radius 3 is 2.67 bits per heavy atom. The van der Waals surface area contributed by atoms with Crippen molar-refractivity contribution in [3.8, 4) is 5.88 Å². The van der Waals surface area contributed by atoms with Gasteiger partial charge in [0.05, 0.1) is 13.2 Å². The summed E-state index contributed by atoms with van der Waals surface area (Å²) in [5.41, 5.74) is 0.443. The third-order valence-corrected chi connectivity index (χ3v) is 3.31. The van der Waals surface area contributed by atoms with E-state index < -0.39 is 0 Å². The highest BCUT2D eigenvalue weighted by atomic mass is 16.5. The summed E-state index contributed by atoms with van der Waals surface area (Å²) in [4.78, 5) is 11.9. The Balaban J connectivity index is 1.61. The Labute approximate surface area is 106 Å². The van der Waals surface area contributed by atoms with Crippen molar-refractivity contribution in [1.82, 2.24) is 9.78 Å². The molecule has 2 aliphatic rings. The molecule has 0 N–H and O–H groups in total. The lowest BCUT2D eigenvalue weighted by atomic mass is 10.3. The smallest absolute Gasteiger partial charge is 0.345 e. The SMILES string of the molecule is Cn1cc(C(=O)OCC2CC2)c(OCC2CC2)n1. The van der Waals surface area contributed by atoms with Gasteiger partial charge >= 0.3 is 5.97 Å². The minimum atomic E-state index is -0.319. The third-order valence-electron chi connectivity index (χ3n) is 3.31. The maximum atomic E-state index is 11.9. The van der Waals surface area contributed by atoms with Crippen molar-refractivity contribution in [3.63, 3.8) is 0 Å². The van der Waals surface area contributed by atoms with Crippen molar-refractivity contribution < 1.29 is 14.3 Å². The molecule has 18 heavy (non-hydrogen) atoms. The normalized spacial score (nSPS) is 18.7. The maximum Gasteiger partial charge on any atom is 0.345 e. The lowest BCUT2D eigenvalue weighted by molar-refractivity contribution is 0.0481. The fraction of sp³-hybridized carbons (Fsp3) is 0.692. The Bertz CT molecular complexity index is 447. The first-order valence-electron chi connectivity index (χ1n) is 6.56. The molecule has 0 spiro atoms. The molecule has 2 saturated carbocycles. The molecule has 3 rings (SSSR count). The Hall–Kier alpha value is -1.52. The van der Waals surface area contributed by atoms with Crippen LogP contribution in [0.5, 0.6) is 5.88 Å². The highest BCUT2D eigenvalue weighted by molar-refractivity contribution is 5.91. The molecule has 98 valence electrons.